The number of non-ortho nitro benzene ring substituents is 1. The molecule has 0 fully saturated rings. The molecule has 0 atom stereocenters. The molecule has 0 aliphatic carbocycles. The van der Waals surface area contributed by atoms with Gasteiger partial charge in [0.1, 0.15) is 12.4 Å². The summed E-state index contributed by atoms with van der Waals surface area (Å²) in [6.07, 6.45) is 1.57. The molecular formula is C23H14Cl2N2O5. The fourth-order valence-electron chi connectivity index (χ4n) is 2.92. The number of esters is 1. The van der Waals surface area contributed by atoms with Crippen LogP contribution in [-0.2, 0) is 16.1 Å². The molecule has 0 spiro atoms. The molecule has 3 aromatic rings. The van der Waals surface area contributed by atoms with Crippen molar-refractivity contribution in [3.05, 3.63) is 109 Å². The van der Waals surface area contributed by atoms with E-state index >= 15 is 0 Å². The maximum absolute atomic E-state index is 12.3. The van der Waals surface area contributed by atoms with Gasteiger partial charge < -0.3 is 9.47 Å². The fraction of sp³-hybridized carbons (Fsp3) is 0.0435. The van der Waals surface area contributed by atoms with Crippen LogP contribution in [0.15, 0.2) is 77.4 Å². The third kappa shape index (κ3) is 4.80. The number of carbonyl (C=O) groups excluding carboxylic acids is 1. The van der Waals surface area contributed by atoms with Gasteiger partial charge in [-0.05, 0) is 48.0 Å². The molecule has 0 radical (unpaired) electrons. The van der Waals surface area contributed by atoms with Crippen molar-refractivity contribution < 1.29 is 19.2 Å². The number of aliphatic imine (C=N–C) groups is 1. The second-order valence-electron chi connectivity index (χ2n) is 6.71. The first-order chi connectivity index (χ1) is 15.4. The summed E-state index contributed by atoms with van der Waals surface area (Å²) in [5.41, 5.74) is 2.03. The van der Waals surface area contributed by atoms with Gasteiger partial charge in [-0.2, -0.15) is 0 Å². The van der Waals surface area contributed by atoms with Gasteiger partial charge in [-0.15, -0.1) is 0 Å². The van der Waals surface area contributed by atoms with Gasteiger partial charge >= 0.3 is 5.97 Å². The standard InChI is InChI=1S/C23H14Cl2N2O5/c24-18-10-7-16(11-19(18)25)22-26-20(23(28)32-22)12-15-3-1-2-4-21(15)31-13-14-5-8-17(9-6-14)27(29)30/h1-12H,13H2/b20-12-. The Balaban J connectivity index is 1.55. The van der Waals surface area contributed by atoms with Crippen LogP contribution in [0.5, 0.6) is 5.75 Å². The fourth-order valence-corrected chi connectivity index (χ4v) is 3.21. The predicted octanol–water partition coefficient (Wildman–Crippen LogP) is 5.83. The highest BCUT2D eigenvalue weighted by Crippen LogP contribution is 2.28. The minimum Gasteiger partial charge on any atom is -0.488 e. The van der Waals surface area contributed by atoms with E-state index in [1.807, 2.05) is 0 Å². The molecule has 3 aromatic carbocycles. The van der Waals surface area contributed by atoms with Gasteiger partial charge in [-0.25, -0.2) is 9.79 Å². The Labute approximate surface area is 192 Å². The van der Waals surface area contributed by atoms with E-state index in [0.29, 0.717) is 26.9 Å². The first-order valence-corrected chi connectivity index (χ1v) is 10.1. The van der Waals surface area contributed by atoms with Gasteiger partial charge in [0.25, 0.3) is 5.69 Å². The van der Waals surface area contributed by atoms with Crippen molar-refractivity contribution >= 4 is 46.8 Å². The predicted molar refractivity (Wildman–Crippen MR) is 121 cm³/mol. The van der Waals surface area contributed by atoms with E-state index in [4.69, 9.17) is 32.7 Å². The summed E-state index contributed by atoms with van der Waals surface area (Å²) < 4.78 is 11.1. The van der Waals surface area contributed by atoms with E-state index in [2.05, 4.69) is 4.99 Å². The Bertz CT molecular complexity index is 1270. The number of para-hydroxylation sites is 1. The van der Waals surface area contributed by atoms with Crippen LogP contribution in [0.25, 0.3) is 6.08 Å². The van der Waals surface area contributed by atoms with Crippen LogP contribution in [0.3, 0.4) is 0 Å². The molecule has 160 valence electrons. The lowest BCUT2D eigenvalue weighted by Crippen LogP contribution is -2.05. The number of halogens is 2. The third-order valence-electron chi connectivity index (χ3n) is 4.54. The van der Waals surface area contributed by atoms with E-state index < -0.39 is 10.9 Å². The van der Waals surface area contributed by atoms with Crippen LogP contribution in [0, 0.1) is 10.1 Å². The molecule has 9 heteroatoms. The first kappa shape index (κ1) is 21.5. The number of hydrogen-bond acceptors (Lipinski definition) is 6. The second-order valence-corrected chi connectivity index (χ2v) is 7.53. The van der Waals surface area contributed by atoms with Crippen molar-refractivity contribution in [3.8, 4) is 5.75 Å². The molecular weight excluding hydrogens is 455 g/mol. The Morgan fingerprint density at radius 3 is 2.50 bits per heavy atom. The molecule has 1 heterocycles. The highest BCUT2D eigenvalue weighted by atomic mass is 35.5. The molecule has 32 heavy (non-hydrogen) atoms. The van der Waals surface area contributed by atoms with Crippen molar-refractivity contribution in [3.63, 3.8) is 0 Å². The van der Waals surface area contributed by atoms with Gasteiger partial charge in [0.2, 0.25) is 5.90 Å². The van der Waals surface area contributed by atoms with Crippen molar-refractivity contribution in [1.82, 2.24) is 0 Å². The van der Waals surface area contributed by atoms with Gasteiger partial charge in [0, 0.05) is 23.3 Å². The molecule has 7 nitrogen and oxygen atoms in total. The smallest absolute Gasteiger partial charge is 0.363 e. The quantitative estimate of drug-likeness (QED) is 0.196. The average Bonchev–Trinajstić information content (AvgIpc) is 3.15. The lowest BCUT2D eigenvalue weighted by molar-refractivity contribution is -0.384. The topological polar surface area (TPSA) is 91.0 Å². The van der Waals surface area contributed by atoms with E-state index in [1.165, 1.54) is 12.1 Å². The number of nitrogens with zero attached hydrogens (tertiary/aromatic N) is 2. The summed E-state index contributed by atoms with van der Waals surface area (Å²) in [6, 6.07) is 18.0. The number of nitro groups is 1. The first-order valence-electron chi connectivity index (χ1n) is 9.34. The molecule has 0 N–H and O–H groups in total. The molecule has 0 amide bonds. The highest BCUT2D eigenvalue weighted by Gasteiger charge is 2.25. The minimum absolute atomic E-state index is 0.00858. The molecule has 0 unspecified atom stereocenters. The van der Waals surface area contributed by atoms with E-state index in [0.717, 1.165) is 5.56 Å². The summed E-state index contributed by atoms with van der Waals surface area (Å²) in [7, 11) is 0. The van der Waals surface area contributed by atoms with Crippen molar-refractivity contribution in [2.24, 2.45) is 4.99 Å². The molecule has 1 aliphatic heterocycles. The summed E-state index contributed by atoms with van der Waals surface area (Å²) >= 11 is 12.0. The Morgan fingerprint density at radius 2 is 1.78 bits per heavy atom. The van der Waals surface area contributed by atoms with Gasteiger partial charge in [0.05, 0.1) is 15.0 Å². The highest BCUT2D eigenvalue weighted by molar-refractivity contribution is 6.42. The van der Waals surface area contributed by atoms with Crippen LogP contribution < -0.4 is 4.74 Å². The number of ether oxygens (including phenoxy) is 2. The Kier molecular flexibility index (Phi) is 6.20. The number of carbonyl (C=O) groups is 1. The van der Waals surface area contributed by atoms with Gasteiger partial charge in [-0.3, -0.25) is 10.1 Å². The van der Waals surface area contributed by atoms with Crippen LogP contribution in [-0.4, -0.2) is 16.8 Å². The minimum atomic E-state index is -0.601. The van der Waals surface area contributed by atoms with Crippen molar-refractivity contribution in [2.45, 2.75) is 6.61 Å². The monoisotopic (exact) mass is 468 g/mol. The maximum Gasteiger partial charge on any atom is 0.363 e. The maximum atomic E-state index is 12.3. The van der Waals surface area contributed by atoms with E-state index in [-0.39, 0.29) is 23.9 Å². The number of rotatable bonds is 6. The Morgan fingerprint density at radius 1 is 1.03 bits per heavy atom. The molecule has 0 aromatic heterocycles. The van der Waals surface area contributed by atoms with E-state index in [1.54, 1.807) is 60.7 Å². The summed E-state index contributed by atoms with van der Waals surface area (Å²) in [5.74, 6) is 0.0460. The lowest BCUT2D eigenvalue weighted by atomic mass is 10.1. The molecule has 1 aliphatic rings. The lowest BCUT2D eigenvalue weighted by Gasteiger charge is -2.09. The number of cyclic esters (lactones) is 1. The van der Waals surface area contributed by atoms with Gasteiger partial charge in [0.15, 0.2) is 5.70 Å². The largest absolute Gasteiger partial charge is 0.488 e. The van der Waals surface area contributed by atoms with E-state index in [9.17, 15) is 14.9 Å². The van der Waals surface area contributed by atoms with Crippen LogP contribution in [0.1, 0.15) is 16.7 Å². The van der Waals surface area contributed by atoms with Crippen molar-refractivity contribution in [1.29, 1.82) is 0 Å². The molecule has 0 saturated carbocycles. The van der Waals surface area contributed by atoms with Gasteiger partial charge in [-0.1, -0.05) is 41.4 Å². The number of hydrogen-bond donors (Lipinski definition) is 0. The summed E-state index contributed by atoms with van der Waals surface area (Å²) in [6.45, 7) is 0.195. The SMILES string of the molecule is O=C1OC(c2ccc(Cl)c(Cl)c2)=N/C1=C\c1ccccc1OCc1ccc([N+](=O)[O-])cc1. The number of nitro benzene ring substituents is 1. The number of benzene rings is 3. The Hall–Kier alpha value is -3.68. The second kappa shape index (κ2) is 9.21. The van der Waals surface area contributed by atoms with Crippen LogP contribution in [0.4, 0.5) is 5.69 Å². The zero-order valence-corrected chi connectivity index (χ0v) is 17.8. The van der Waals surface area contributed by atoms with Crippen LogP contribution >= 0.6 is 23.2 Å². The molecule has 0 saturated heterocycles. The average molecular weight is 469 g/mol. The normalized spacial score (nSPS) is 14.2. The molecule has 0 bridgehead atoms. The zero-order chi connectivity index (χ0) is 22.7. The summed E-state index contributed by atoms with van der Waals surface area (Å²) in [4.78, 5) is 26.9. The van der Waals surface area contributed by atoms with Crippen molar-refractivity contribution in [2.75, 3.05) is 0 Å². The van der Waals surface area contributed by atoms with Crippen LogP contribution in [0.2, 0.25) is 10.0 Å². The zero-order valence-electron chi connectivity index (χ0n) is 16.3. The molecule has 4 rings (SSSR count). The summed E-state index contributed by atoms with van der Waals surface area (Å²) in [5, 5.41) is 11.5. The third-order valence-corrected chi connectivity index (χ3v) is 5.28.